The fourth-order valence-electron chi connectivity index (χ4n) is 5.23. The minimum Gasteiger partial charge on any atom is -0.483 e. The zero-order valence-corrected chi connectivity index (χ0v) is 20.5. The summed E-state index contributed by atoms with van der Waals surface area (Å²) in [6, 6.07) is 7.47. The highest BCUT2D eigenvalue weighted by Crippen LogP contribution is 2.43. The maximum absolute atomic E-state index is 12.8. The molecule has 1 spiro atoms. The van der Waals surface area contributed by atoms with Crippen molar-refractivity contribution in [1.82, 2.24) is 9.80 Å². The van der Waals surface area contributed by atoms with Crippen molar-refractivity contribution in [2.75, 3.05) is 38.0 Å². The number of ether oxygens (including phenoxy) is 1. The summed E-state index contributed by atoms with van der Waals surface area (Å²) in [5.74, 6) is 0.0313. The second-order valence-electron chi connectivity index (χ2n) is 9.68. The molecular weight excluding hydrogens is 450 g/mol. The van der Waals surface area contributed by atoms with Gasteiger partial charge in [-0.05, 0) is 62.9 Å². The van der Waals surface area contributed by atoms with E-state index in [0.29, 0.717) is 38.8 Å². The number of nitrogens with zero attached hydrogens (tertiary/aromatic N) is 2. The number of cyclic esters (lactones) is 1. The third kappa shape index (κ3) is 7.27. The first-order valence-electron chi connectivity index (χ1n) is 12.6. The van der Waals surface area contributed by atoms with E-state index in [-0.39, 0.29) is 30.4 Å². The molecule has 1 atom stereocenters. The van der Waals surface area contributed by atoms with Gasteiger partial charge in [-0.15, -0.1) is 0 Å². The number of likely N-dealkylation sites (tertiary alicyclic amines) is 2. The van der Waals surface area contributed by atoms with Crippen LogP contribution in [0.15, 0.2) is 24.3 Å². The van der Waals surface area contributed by atoms with Crippen LogP contribution in [-0.4, -0.2) is 78.0 Å². The topological polar surface area (TPSA) is 116 Å². The molecule has 0 aliphatic carbocycles. The number of nitrogens with one attached hydrogen (secondary N) is 1. The lowest BCUT2D eigenvalue weighted by atomic mass is 9.76. The molecular formula is C26H37N3O6. The van der Waals surface area contributed by atoms with Crippen LogP contribution in [-0.2, 0) is 30.3 Å². The van der Waals surface area contributed by atoms with E-state index in [9.17, 15) is 14.4 Å². The summed E-state index contributed by atoms with van der Waals surface area (Å²) < 4.78 is 5.75. The van der Waals surface area contributed by atoms with Crippen molar-refractivity contribution in [2.45, 2.75) is 64.4 Å². The number of carbonyl (C=O) groups is 4. The summed E-state index contributed by atoms with van der Waals surface area (Å²) >= 11 is 0. The van der Waals surface area contributed by atoms with Crippen LogP contribution in [0.4, 0.5) is 5.69 Å². The van der Waals surface area contributed by atoms with Crippen molar-refractivity contribution >= 4 is 29.9 Å². The van der Waals surface area contributed by atoms with Gasteiger partial charge in [0.2, 0.25) is 11.8 Å². The lowest BCUT2D eigenvalue weighted by Crippen LogP contribution is -2.45. The summed E-state index contributed by atoms with van der Waals surface area (Å²) in [7, 11) is 0. The van der Waals surface area contributed by atoms with Gasteiger partial charge in [-0.3, -0.25) is 24.1 Å². The van der Waals surface area contributed by atoms with Crippen molar-refractivity contribution in [3.8, 4) is 0 Å². The first kappa shape index (κ1) is 26.7. The zero-order chi connectivity index (χ0) is 25.3. The van der Waals surface area contributed by atoms with Gasteiger partial charge in [0.05, 0.1) is 11.8 Å². The Kier molecular flexibility index (Phi) is 9.65. The Balaban J connectivity index is 0.00000108. The minimum atomic E-state index is -0.403. The van der Waals surface area contributed by atoms with E-state index in [2.05, 4.69) is 10.2 Å². The highest BCUT2D eigenvalue weighted by atomic mass is 16.6. The van der Waals surface area contributed by atoms with Gasteiger partial charge in [0.25, 0.3) is 6.47 Å². The summed E-state index contributed by atoms with van der Waals surface area (Å²) in [6.45, 7) is 6.00. The largest absolute Gasteiger partial charge is 0.483 e. The average Bonchev–Trinajstić information content (AvgIpc) is 3.44. The summed E-state index contributed by atoms with van der Waals surface area (Å²) in [5.41, 5.74) is 1.28. The second kappa shape index (κ2) is 12.7. The maximum atomic E-state index is 12.8. The van der Waals surface area contributed by atoms with E-state index in [4.69, 9.17) is 14.6 Å². The average molecular weight is 488 g/mol. The van der Waals surface area contributed by atoms with Crippen LogP contribution in [0.2, 0.25) is 0 Å². The first-order chi connectivity index (χ1) is 16.9. The number of piperidine rings is 1. The minimum absolute atomic E-state index is 0.000756. The Morgan fingerprint density at radius 2 is 1.77 bits per heavy atom. The molecule has 1 aromatic carbocycles. The Morgan fingerprint density at radius 3 is 2.37 bits per heavy atom. The smallest absolute Gasteiger partial charge is 0.312 e. The molecule has 4 rings (SSSR count). The van der Waals surface area contributed by atoms with E-state index >= 15 is 0 Å². The Labute approximate surface area is 206 Å². The van der Waals surface area contributed by atoms with Crippen LogP contribution in [0.1, 0.15) is 57.4 Å². The summed E-state index contributed by atoms with van der Waals surface area (Å²) in [6.07, 6.45) is 6.29. The number of rotatable bonds is 7. The first-order valence-corrected chi connectivity index (χ1v) is 12.6. The van der Waals surface area contributed by atoms with Crippen molar-refractivity contribution in [3.63, 3.8) is 0 Å². The van der Waals surface area contributed by atoms with Crippen molar-refractivity contribution in [2.24, 2.45) is 5.41 Å². The molecule has 3 aliphatic heterocycles. The van der Waals surface area contributed by atoms with E-state index in [0.717, 1.165) is 43.7 Å². The van der Waals surface area contributed by atoms with Crippen LogP contribution >= 0.6 is 0 Å². The van der Waals surface area contributed by atoms with Crippen LogP contribution in [0, 0.1) is 5.41 Å². The van der Waals surface area contributed by atoms with Crippen molar-refractivity contribution < 1.29 is 29.0 Å². The molecule has 3 saturated heterocycles. The fourth-order valence-corrected chi connectivity index (χ4v) is 5.23. The molecule has 0 aromatic heterocycles. The highest BCUT2D eigenvalue weighted by Gasteiger charge is 2.51. The standard InChI is InChI=1S/C25H35N3O4.CH2O2/c1-2-5-22(29)26-20-8-6-19(7-9-20)16-23(30)28-14-10-25(11-15-28)17-21(32-24(25)31)18-27-12-3-4-13-27;2-1-3/h6-9,21H,2-5,10-18H2,1H3,(H,26,29);1H,(H,2,3). The fraction of sp³-hybridized carbons (Fsp3) is 0.615. The Morgan fingerprint density at radius 1 is 1.14 bits per heavy atom. The summed E-state index contributed by atoms with van der Waals surface area (Å²) in [4.78, 5) is 49.9. The molecule has 9 nitrogen and oxygen atoms in total. The molecule has 9 heteroatoms. The monoisotopic (exact) mass is 487 g/mol. The Hall–Kier alpha value is -2.94. The van der Waals surface area contributed by atoms with Crippen LogP contribution in [0.5, 0.6) is 0 Å². The van der Waals surface area contributed by atoms with Gasteiger partial charge >= 0.3 is 5.97 Å². The summed E-state index contributed by atoms with van der Waals surface area (Å²) in [5, 5.41) is 9.75. The predicted octanol–water partition coefficient (Wildman–Crippen LogP) is 2.69. The number of esters is 1. The molecule has 0 saturated carbocycles. The maximum Gasteiger partial charge on any atom is 0.312 e. The molecule has 3 aliphatic rings. The van der Waals surface area contributed by atoms with Gasteiger partial charge in [-0.25, -0.2) is 0 Å². The highest BCUT2D eigenvalue weighted by molar-refractivity contribution is 5.90. The molecule has 35 heavy (non-hydrogen) atoms. The molecule has 3 fully saturated rings. The lowest BCUT2D eigenvalue weighted by Gasteiger charge is -2.36. The van der Waals surface area contributed by atoms with Gasteiger partial charge in [-0.1, -0.05) is 19.1 Å². The normalized spacial score (nSPS) is 21.2. The zero-order valence-electron chi connectivity index (χ0n) is 20.5. The van der Waals surface area contributed by atoms with E-state index in [1.807, 2.05) is 36.1 Å². The molecule has 1 aromatic rings. The molecule has 0 radical (unpaired) electrons. The van der Waals surface area contributed by atoms with Gasteiger partial charge in [0, 0.05) is 38.2 Å². The van der Waals surface area contributed by atoms with E-state index in [1.165, 1.54) is 12.8 Å². The molecule has 2 N–H and O–H groups in total. The quantitative estimate of drug-likeness (QED) is 0.449. The number of hydrogen-bond donors (Lipinski definition) is 2. The second-order valence-corrected chi connectivity index (χ2v) is 9.68. The lowest BCUT2D eigenvalue weighted by molar-refractivity contribution is -0.152. The van der Waals surface area contributed by atoms with Crippen LogP contribution in [0.3, 0.4) is 0 Å². The van der Waals surface area contributed by atoms with Gasteiger partial charge in [-0.2, -0.15) is 0 Å². The van der Waals surface area contributed by atoms with Crippen LogP contribution in [0.25, 0.3) is 0 Å². The Bertz CT molecular complexity index is 874. The van der Waals surface area contributed by atoms with Gasteiger partial charge < -0.3 is 20.1 Å². The third-order valence-electron chi connectivity index (χ3n) is 7.13. The van der Waals surface area contributed by atoms with Crippen LogP contribution < -0.4 is 5.32 Å². The molecule has 1 unspecified atom stereocenters. The van der Waals surface area contributed by atoms with Crippen molar-refractivity contribution in [3.05, 3.63) is 29.8 Å². The number of amides is 2. The van der Waals surface area contributed by atoms with Gasteiger partial charge in [0.15, 0.2) is 0 Å². The molecule has 192 valence electrons. The SMILES string of the molecule is CCCC(=O)Nc1ccc(CC(=O)N2CCC3(CC2)CC(CN2CCCC2)OC3=O)cc1.O=CO. The number of hydrogen-bond acceptors (Lipinski definition) is 6. The molecule has 0 bridgehead atoms. The molecule has 3 heterocycles. The van der Waals surface area contributed by atoms with E-state index < -0.39 is 5.41 Å². The predicted molar refractivity (Wildman–Crippen MR) is 131 cm³/mol. The van der Waals surface area contributed by atoms with Crippen molar-refractivity contribution in [1.29, 1.82) is 0 Å². The third-order valence-corrected chi connectivity index (χ3v) is 7.13. The van der Waals surface area contributed by atoms with E-state index in [1.54, 1.807) is 0 Å². The number of carboxylic acid groups (broad SMARTS) is 1. The number of anilines is 1. The van der Waals surface area contributed by atoms with Gasteiger partial charge in [0.1, 0.15) is 6.10 Å². The number of carbonyl (C=O) groups excluding carboxylic acids is 3. The number of benzene rings is 1. The molecule has 2 amide bonds.